The van der Waals surface area contributed by atoms with Crippen LogP contribution in [0.25, 0.3) is 0 Å². The van der Waals surface area contributed by atoms with Crippen LogP contribution in [0.3, 0.4) is 0 Å². The van der Waals surface area contributed by atoms with Crippen molar-refractivity contribution in [1.29, 1.82) is 0 Å². The molecule has 9 atom stereocenters. The molecule has 158 valence electrons. The number of aliphatic hydroxyl groups excluding tert-OH is 1. The molecule has 0 amide bonds. The molecule has 5 nitrogen and oxygen atoms in total. The van der Waals surface area contributed by atoms with Crippen molar-refractivity contribution >= 4 is 5.97 Å². The number of esters is 1. The zero-order valence-electron chi connectivity index (χ0n) is 17.3. The first-order valence-electron chi connectivity index (χ1n) is 11.4. The van der Waals surface area contributed by atoms with Crippen molar-refractivity contribution in [3.05, 3.63) is 0 Å². The van der Waals surface area contributed by atoms with Crippen molar-refractivity contribution in [3.8, 4) is 0 Å². The maximum atomic E-state index is 12.1. The van der Waals surface area contributed by atoms with Crippen LogP contribution in [0.1, 0.15) is 78.1 Å². The molecule has 4 aliphatic carbocycles. The van der Waals surface area contributed by atoms with E-state index in [-0.39, 0.29) is 47.8 Å². The summed E-state index contributed by atoms with van der Waals surface area (Å²) >= 11 is 0. The molecule has 4 saturated carbocycles. The van der Waals surface area contributed by atoms with Gasteiger partial charge in [0.15, 0.2) is 0 Å². The monoisotopic (exact) mass is 392 g/mol. The van der Waals surface area contributed by atoms with E-state index in [4.69, 9.17) is 4.74 Å². The average Bonchev–Trinajstić information content (AvgIpc) is 3.12. The molecular weight excluding hydrogens is 356 g/mol. The molecule has 5 fully saturated rings. The summed E-state index contributed by atoms with van der Waals surface area (Å²) in [7, 11) is 0. The Hall–Kier alpha value is -0.650. The molecule has 5 heteroatoms. The Morgan fingerprint density at radius 2 is 1.75 bits per heavy atom. The topological polar surface area (TPSA) is 87.0 Å². The molecule has 0 radical (unpaired) electrons. The van der Waals surface area contributed by atoms with Crippen LogP contribution in [0.5, 0.6) is 0 Å². The smallest absolute Gasteiger partial charge is 0.308 e. The first kappa shape index (κ1) is 19.3. The standard InChI is InChI=1S/C23H36O5/c1-20-8-5-15(24)11-14(20)3-4-17-16(20)6-9-21(2)18(7-10-23(17,21)27)22(26)12-19(25)28-13-22/h14-18,24,26-27H,3-13H2,1-2H3/t14-,15+,16+,17-,18+,20+,21-,22?,23+/m1/s1. The summed E-state index contributed by atoms with van der Waals surface area (Å²) in [6.07, 6.45) is 8.33. The van der Waals surface area contributed by atoms with Crippen molar-refractivity contribution in [2.24, 2.45) is 34.5 Å². The summed E-state index contributed by atoms with van der Waals surface area (Å²) in [6, 6.07) is 0. The zero-order valence-corrected chi connectivity index (χ0v) is 17.3. The number of ether oxygens (including phenoxy) is 1. The normalized spacial score (nSPS) is 58.6. The first-order valence-corrected chi connectivity index (χ1v) is 11.4. The van der Waals surface area contributed by atoms with Crippen LogP contribution in [0.4, 0.5) is 0 Å². The van der Waals surface area contributed by atoms with Crippen molar-refractivity contribution in [3.63, 3.8) is 0 Å². The Morgan fingerprint density at radius 3 is 2.46 bits per heavy atom. The van der Waals surface area contributed by atoms with E-state index in [0.29, 0.717) is 11.8 Å². The van der Waals surface area contributed by atoms with Crippen LogP contribution in [0.15, 0.2) is 0 Å². The number of cyclic esters (lactones) is 1. The lowest BCUT2D eigenvalue weighted by atomic mass is 9.43. The lowest BCUT2D eigenvalue weighted by molar-refractivity contribution is -0.223. The van der Waals surface area contributed by atoms with E-state index in [1.807, 2.05) is 0 Å². The molecule has 0 aromatic carbocycles. The van der Waals surface area contributed by atoms with Gasteiger partial charge in [-0.1, -0.05) is 13.8 Å². The van der Waals surface area contributed by atoms with Gasteiger partial charge in [0.1, 0.15) is 12.2 Å². The summed E-state index contributed by atoms with van der Waals surface area (Å²) in [5.74, 6) is 0.911. The maximum absolute atomic E-state index is 12.1. The van der Waals surface area contributed by atoms with Crippen LogP contribution < -0.4 is 0 Å². The van der Waals surface area contributed by atoms with E-state index in [0.717, 1.165) is 57.8 Å². The molecule has 0 bridgehead atoms. The van der Waals surface area contributed by atoms with Gasteiger partial charge in [-0.05, 0) is 86.9 Å². The highest BCUT2D eigenvalue weighted by molar-refractivity contribution is 5.73. The highest BCUT2D eigenvalue weighted by Crippen LogP contribution is 2.70. The molecule has 1 unspecified atom stereocenters. The van der Waals surface area contributed by atoms with Gasteiger partial charge >= 0.3 is 5.97 Å². The van der Waals surface area contributed by atoms with Gasteiger partial charge in [0, 0.05) is 5.41 Å². The predicted molar refractivity (Wildman–Crippen MR) is 103 cm³/mol. The van der Waals surface area contributed by atoms with Crippen molar-refractivity contribution in [1.82, 2.24) is 0 Å². The number of rotatable bonds is 1. The summed E-state index contributed by atoms with van der Waals surface area (Å²) in [6.45, 7) is 4.66. The Morgan fingerprint density at radius 1 is 0.964 bits per heavy atom. The zero-order chi connectivity index (χ0) is 19.9. The number of carbonyl (C=O) groups excluding carboxylic acids is 1. The minimum absolute atomic E-state index is 0.0646. The Balaban J connectivity index is 1.46. The van der Waals surface area contributed by atoms with Crippen molar-refractivity contribution < 1.29 is 24.9 Å². The molecule has 0 aromatic rings. The molecule has 1 aliphatic heterocycles. The van der Waals surface area contributed by atoms with Gasteiger partial charge in [0.25, 0.3) is 0 Å². The molecule has 5 rings (SSSR count). The molecule has 5 aliphatic rings. The van der Waals surface area contributed by atoms with Gasteiger partial charge < -0.3 is 20.1 Å². The fraction of sp³-hybridized carbons (Fsp3) is 0.957. The van der Waals surface area contributed by atoms with Gasteiger partial charge in [0.05, 0.1) is 18.1 Å². The summed E-state index contributed by atoms with van der Waals surface area (Å²) in [5.41, 5.74) is -2.06. The van der Waals surface area contributed by atoms with Crippen LogP contribution >= 0.6 is 0 Å². The number of carbonyl (C=O) groups is 1. The highest BCUT2D eigenvalue weighted by Gasteiger charge is 2.70. The molecule has 28 heavy (non-hydrogen) atoms. The predicted octanol–water partition coefficient (Wildman–Crippen LogP) is 2.80. The summed E-state index contributed by atoms with van der Waals surface area (Å²) in [5, 5.41) is 33.6. The Kier molecular flexibility index (Phi) is 4.11. The molecule has 1 saturated heterocycles. The van der Waals surface area contributed by atoms with E-state index in [2.05, 4.69) is 13.8 Å². The molecular formula is C23H36O5. The third-order valence-electron chi connectivity index (χ3n) is 10.4. The van der Waals surface area contributed by atoms with E-state index in [1.165, 1.54) is 0 Å². The molecule has 1 heterocycles. The molecule has 0 aromatic heterocycles. The quantitative estimate of drug-likeness (QED) is 0.598. The van der Waals surface area contributed by atoms with Gasteiger partial charge in [-0.2, -0.15) is 0 Å². The van der Waals surface area contributed by atoms with Gasteiger partial charge in [-0.3, -0.25) is 4.79 Å². The van der Waals surface area contributed by atoms with E-state index >= 15 is 0 Å². The van der Waals surface area contributed by atoms with Crippen LogP contribution in [-0.4, -0.2) is 45.2 Å². The number of hydrogen-bond donors (Lipinski definition) is 3. The highest BCUT2D eigenvalue weighted by atomic mass is 16.6. The lowest BCUT2D eigenvalue weighted by Gasteiger charge is -2.64. The second kappa shape index (κ2) is 5.95. The SMILES string of the molecule is C[C@]12CC[C@H](O)C[C@H]1CC[C@@H]1[C@@H]2CC[C@]2(C)[C@@H](C3(O)COC(=O)C3)CC[C@]12O. The molecule has 0 spiro atoms. The van der Waals surface area contributed by atoms with Gasteiger partial charge in [-0.25, -0.2) is 0 Å². The number of hydrogen-bond acceptors (Lipinski definition) is 5. The van der Waals surface area contributed by atoms with E-state index < -0.39 is 11.2 Å². The van der Waals surface area contributed by atoms with Crippen LogP contribution in [0, 0.1) is 34.5 Å². The third kappa shape index (κ3) is 2.33. The summed E-state index contributed by atoms with van der Waals surface area (Å²) in [4.78, 5) is 11.7. The van der Waals surface area contributed by atoms with E-state index in [9.17, 15) is 20.1 Å². The number of fused-ring (bicyclic) bond motifs is 5. The van der Waals surface area contributed by atoms with Crippen LogP contribution in [0.2, 0.25) is 0 Å². The Bertz CT molecular complexity index is 680. The second-order valence-electron chi connectivity index (χ2n) is 11.3. The number of aliphatic hydroxyl groups is 3. The minimum Gasteiger partial charge on any atom is -0.462 e. The minimum atomic E-state index is -1.13. The summed E-state index contributed by atoms with van der Waals surface area (Å²) < 4.78 is 5.15. The average molecular weight is 393 g/mol. The lowest BCUT2D eigenvalue weighted by Crippen LogP contribution is -2.64. The fourth-order valence-corrected chi connectivity index (χ4v) is 8.85. The van der Waals surface area contributed by atoms with Gasteiger partial charge in [-0.15, -0.1) is 0 Å². The first-order chi connectivity index (χ1) is 13.1. The van der Waals surface area contributed by atoms with Gasteiger partial charge in [0.2, 0.25) is 0 Å². The van der Waals surface area contributed by atoms with Crippen molar-refractivity contribution in [2.45, 2.75) is 95.4 Å². The van der Waals surface area contributed by atoms with Crippen LogP contribution in [-0.2, 0) is 9.53 Å². The Labute approximate surface area is 167 Å². The second-order valence-corrected chi connectivity index (χ2v) is 11.3. The maximum Gasteiger partial charge on any atom is 0.308 e. The third-order valence-corrected chi connectivity index (χ3v) is 10.4. The van der Waals surface area contributed by atoms with E-state index in [1.54, 1.807) is 0 Å². The largest absolute Gasteiger partial charge is 0.462 e. The molecule has 3 N–H and O–H groups in total. The fourth-order valence-electron chi connectivity index (χ4n) is 8.85. The van der Waals surface area contributed by atoms with Crippen molar-refractivity contribution in [2.75, 3.05) is 6.61 Å².